The van der Waals surface area contributed by atoms with Crippen molar-refractivity contribution in [3.63, 3.8) is 0 Å². The molecule has 1 aliphatic heterocycles. The summed E-state index contributed by atoms with van der Waals surface area (Å²) in [7, 11) is 0. The number of aryl methyl sites for hydroxylation is 1. The number of pyridine rings is 1. The molecule has 0 aliphatic carbocycles. The minimum absolute atomic E-state index is 0.217. The number of halogens is 1. The number of hydrogen-bond acceptors (Lipinski definition) is 6. The average Bonchev–Trinajstić information content (AvgIpc) is 2.90. The van der Waals surface area contributed by atoms with Crippen LogP contribution in [0.3, 0.4) is 0 Å². The summed E-state index contributed by atoms with van der Waals surface area (Å²) in [6.45, 7) is 0.882. The van der Waals surface area contributed by atoms with Crippen molar-refractivity contribution in [2.75, 3.05) is 6.61 Å². The Morgan fingerprint density at radius 1 is 1.57 bits per heavy atom. The molecule has 110 valence electrons. The quantitative estimate of drug-likeness (QED) is 0.634. The minimum Gasteiger partial charge on any atom is -0.474 e. The molecule has 2 aromatic rings. The zero-order chi connectivity index (χ0) is 14.8. The van der Waals surface area contributed by atoms with Crippen molar-refractivity contribution < 1.29 is 14.4 Å². The van der Waals surface area contributed by atoms with Gasteiger partial charge in [-0.2, -0.15) is 0 Å². The fourth-order valence-electron chi connectivity index (χ4n) is 1.96. The second-order valence-electron chi connectivity index (χ2n) is 4.49. The summed E-state index contributed by atoms with van der Waals surface area (Å²) < 4.78 is 12.7. The third kappa shape index (κ3) is 3.05. The lowest BCUT2D eigenvalue weighted by molar-refractivity contribution is -0.389. The van der Waals surface area contributed by atoms with Crippen molar-refractivity contribution >= 4 is 17.4 Å². The molecule has 0 saturated carbocycles. The van der Waals surface area contributed by atoms with Gasteiger partial charge in [-0.05, 0) is 11.0 Å². The molecule has 9 heteroatoms. The van der Waals surface area contributed by atoms with E-state index in [0.717, 1.165) is 0 Å². The van der Waals surface area contributed by atoms with Gasteiger partial charge in [0.05, 0.1) is 5.02 Å². The lowest BCUT2D eigenvalue weighted by Crippen LogP contribution is -2.31. The maximum Gasteiger partial charge on any atom is 0.414 e. The van der Waals surface area contributed by atoms with Gasteiger partial charge in [0, 0.05) is 30.2 Å². The topological polar surface area (TPSA) is 92.3 Å². The van der Waals surface area contributed by atoms with E-state index in [1.165, 1.54) is 12.4 Å². The number of hydrogen-bond donors (Lipinski definition) is 0. The molecular weight excluding hydrogens is 300 g/mol. The third-order valence-electron chi connectivity index (χ3n) is 3.00. The van der Waals surface area contributed by atoms with Crippen molar-refractivity contribution in [1.29, 1.82) is 0 Å². The Hall–Kier alpha value is -2.35. The van der Waals surface area contributed by atoms with Crippen molar-refractivity contribution in [3.8, 4) is 11.9 Å². The maximum atomic E-state index is 10.7. The zero-order valence-corrected chi connectivity index (χ0v) is 11.6. The number of fused-ring (bicyclic) bond motifs is 1. The van der Waals surface area contributed by atoms with Gasteiger partial charge in [0.25, 0.3) is 0 Å². The molecule has 3 rings (SSSR count). The molecule has 21 heavy (non-hydrogen) atoms. The molecule has 0 aromatic carbocycles. The highest BCUT2D eigenvalue weighted by atomic mass is 35.5. The highest BCUT2D eigenvalue weighted by Crippen LogP contribution is 2.24. The first-order chi connectivity index (χ1) is 10.1. The van der Waals surface area contributed by atoms with E-state index in [2.05, 4.69) is 9.97 Å². The fourth-order valence-corrected chi connectivity index (χ4v) is 2.07. The summed E-state index contributed by atoms with van der Waals surface area (Å²) in [5.41, 5.74) is 0. The van der Waals surface area contributed by atoms with Crippen LogP contribution in [-0.2, 0) is 6.54 Å². The van der Waals surface area contributed by atoms with Gasteiger partial charge in [0.1, 0.15) is 18.9 Å². The van der Waals surface area contributed by atoms with E-state index in [1.807, 2.05) is 0 Å². The fraction of sp³-hybridized carbons (Fsp3) is 0.333. The lowest BCUT2D eigenvalue weighted by Gasteiger charge is -2.21. The SMILES string of the molecule is O=[N+]([O-])c1cn2c(n1)OC(COc1ccc(Cl)cn1)CC2. The first-order valence-corrected chi connectivity index (χ1v) is 6.62. The number of nitrogens with zero attached hydrogens (tertiary/aromatic N) is 4. The second kappa shape index (κ2) is 5.57. The van der Waals surface area contributed by atoms with Gasteiger partial charge in [-0.15, -0.1) is 0 Å². The molecule has 0 saturated heterocycles. The number of rotatable bonds is 4. The summed E-state index contributed by atoms with van der Waals surface area (Å²) in [6.07, 6.45) is 3.31. The number of aromatic nitrogens is 3. The normalized spacial score (nSPS) is 16.9. The summed E-state index contributed by atoms with van der Waals surface area (Å²) in [5, 5.41) is 11.2. The highest BCUT2D eigenvalue weighted by Gasteiger charge is 2.28. The number of imidazole rings is 1. The Labute approximate surface area is 124 Å². The Balaban J connectivity index is 1.61. The number of ether oxygens (including phenoxy) is 2. The summed E-state index contributed by atoms with van der Waals surface area (Å²) in [5.74, 6) is 0.230. The molecule has 0 spiro atoms. The second-order valence-corrected chi connectivity index (χ2v) is 4.92. The van der Waals surface area contributed by atoms with E-state index >= 15 is 0 Å². The molecule has 3 heterocycles. The van der Waals surface area contributed by atoms with Gasteiger partial charge >= 0.3 is 11.8 Å². The van der Waals surface area contributed by atoms with E-state index in [4.69, 9.17) is 21.1 Å². The minimum atomic E-state index is -0.544. The van der Waals surface area contributed by atoms with Crippen LogP contribution in [0.5, 0.6) is 11.9 Å². The van der Waals surface area contributed by atoms with E-state index in [9.17, 15) is 10.1 Å². The summed E-state index contributed by atoms with van der Waals surface area (Å²) in [6, 6.07) is 3.59. The highest BCUT2D eigenvalue weighted by molar-refractivity contribution is 6.30. The van der Waals surface area contributed by atoms with Crippen molar-refractivity contribution in [2.45, 2.75) is 19.1 Å². The maximum absolute atomic E-state index is 10.7. The van der Waals surface area contributed by atoms with Crippen molar-refractivity contribution in [3.05, 3.63) is 39.7 Å². The number of nitro groups is 1. The Morgan fingerprint density at radius 3 is 3.14 bits per heavy atom. The summed E-state index contributed by atoms with van der Waals surface area (Å²) >= 11 is 5.74. The molecule has 1 atom stereocenters. The molecule has 0 bridgehead atoms. The largest absolute Gasteiger partial charge is 0.474 e. The third-order valence-corrected chi connectivity index (χ3v) is 3.22. The van der Waals surface area contributed by atoms with E-state index < -0.39 is 4.92 Å². The molecule has 1 unspecified atom stereocenters. The molecule has 8 nitrogen and oxygen atoms in total. The van der Waals surface area contributed by atoms with Gasteiger partial charge < -0.3 is 19.6 Å². The zero-order valence-electron chi connectivity index (χ0n) is 10.8. The van der Waals surface area contributed by atoms with E-state index in [1.54, 1.807) is 16.7 Å². The average molecular weight is 311 g/mol. The van der Waals surface area contributed by atoms with Crippen LogP contribution in [-0.4, -0.2) is 32.2 Å². The van der Waals surface area contributed by atoms with Crippen LogP contribution in [0, 0.1) is 10.1 Å². The molecule has 0 fully saturated rings. The molecule has 0 radical (unpaired) electrons. The van der Waals surface area contributed by atoms with Crippen LogP contribution in [0.4, 0.5) is 5.82 Å². The molecule has 1 aliphatic rings. The molecule has 2 aromatic heterocycles. The molecular formula is C12H11ClN4O4. The van der Waals surface area contributed by atoms with Crippen LogP contribution in [0.1, 0.15) is 6.42 Å². The predicted octanol–water partition coefficient (Wildman–Crippen LogP) is 2.07. The van der Waals surface area contributed by atoms with Crippen molar-refractivity contribution in [1.82, 2.24) is 14.5 Å². The van der Waals surface area contributed by atoms with Crippen LogP contribution < -0.4 is 9.47 Å². The predicted molar refractivity (Wildman–Crippen MR) is 72.7 cm³/mol. The lowest BCUT2D eigenvalue weighted by atomic mass is 10.2. The molecule has 0 N–H and O–H groups in total. The smallest absolute Gasteiger partial charge is 0.414 e. The van der Waals surface area contributed by atoms with Crippen LogP contribution >= 0.6 is 11.6 Å². The Morgan fingerprint density at radius 2 is 2.43 bits per heavy atom. The Kier molecular flexibility index (Phi) is 3.61. The van der Waals surface area contributed by atoms with Gasteiger partial charge in [-0.3, -0.25) is 4.57 Å². The van der Waals surface area contributed by atoms with Gasteiger partial charge in [0.2, 0.25) is 5.88 Å². The van der Waals surface area contributed by atoms with Crippen LogP contribution in [0.25, 0.3) is 0 Å². The van der Waals surface area contributed by atoms with Crippen molar-refractivity contribution in [2.24, 2.45) is 0 Å². The first kappa shape index (κ1) is 13.6. The van der Waals surface area contributed by atoms with E-state index in [-0.39, 0.29) is 24.5 Å². The van der Waals surface area contributed by atoms with Crippen LogP contribution in [0.2, 0.25) is 5.02 Å². The summed E-state index contributed by atoms with van der Waals surface area (Å²) in [4.78, 5) is 18.0. The first-order valence-electron chi connectivity index (χ1n) is 6.24. The molecule has 0 amide bonds. The van der Waals surface area contributed by atoms with E-state index in [0.29, 0.717) is 23.9 Å². The van der Waals surface area contributed by atoms with Gasteiger partial charge in [-0.25, -0.2) is 4.98 Å². The van der Waals surface area contributed by atoms with Gasteiger partial charge in [-0.1, -0.05) is 11.6 Å². The van der Waals surface area contributed by atoms with Gasteiger partial charge in [0.15, 0.2) is 0 Å². The monoisotopic (exact) mass is 310 g/mol. The standard InChI is InChI=1S/C12H11ClN4O4/c13-8-1-2-11(14-5-8)20-7-9-3-4-16-6-10(17(18)19)15-12(16)21-9/h1-2,5-6,9H,3-4,7H2. The Bertz CT molecular complexity index is 658. The van der Waals surface area contributed by atoms with Crippen LogP contribution in [0.15, 0.2) is 24.5 Å².